The van der Waals surface area contributed by atoms with Gasteiger partial charge in [-0.25, -0.2) is 4.39 Å². The molecule has 0 fully saturated rings. The average molecular weight is 286 g/mol. The summed E-state index contributed by atoms with van der Waals surface area (Å²) in [6.07, 6.45) is 0.906. The second kappa shape index (κ2) is 5.73. The lowest BCUT2D eigenvalue weighted by Crippen LogP contribution is -2.01. The van der Waals surface area contributed by atoms with E-state index in [0.29, 0.717) is 11.8 Å². The molecule has 0 aliphatic rings. The van der Waals surface area contributed by atoms with Crippen molar-refractivity contribution in [2.45, 2.75) is 18.9 Å². The molecule has 1 N–H and O–H groups in total. The molecule has 0 saturated carbocycles. The Hall–Kier alpha value is -1.71. The fourth-order valence-electron chi connectivity index (χ4n) is 2.47. The van der Waals surface area contributed by atoms with Gasteiger partial charge in [0, 0.05) is 5.39 Å². The van der Waals surface area contributed by atoms with Crippen LogP contribution in [0.25, 0.3) is 10.8 Å². The second-order valence-corrected chi connectivity index (χ2v) is 5.65. The molecule has 102 valence electrons. The number of thiophene rings is 1. The Kier molecular flexibility index (Phi) is 3.81. The Labute approximate surface area is 121 Å². The molecule has 0 radical (unpaired) electrons. The molecular weight excluding hydrogens is 271 g/mol. The molecule has 0 spiro atoms. The molecule has 0 saturated heterocycles. The molecule has 20 heavy (non-hydrogen) atoms. The summed E-state index contributed by atoms with van der Waals surface area (Å²) in [7, 11) is 0. The van der Waals surface area contributed by atoms with Crippen molar-refractivity contribution in [1.82, 2.24) is 0 Å². The zero-order valence-electron chi connectivity index (χ0n) is 10.9. The van der Waals surface area contributed by atoms with Crippen molar-refractivity contribution in [3.05, 3.63) is 70.2 Å². The van der Waals surface area contributed by atoms with Gasteiger partial charge < -0.3 is 5.11 Å². The van der Waals surface area contributed by atoms with E-state index in [9.17, 15) is 9.50 Å². The van der Waals surface area contributed by atoms with Crippen molar-refractivity contribution >= 4 is 22.1 Å². The fourth-order valence-corrected chi connectivity index (χ4v) is 3.17. The molecule has 0 bridgehead atoms. The third-order valence-corrected chi connectivity index (χ3v) is 4.28. The van der Waals surface area contributed by atoms with E-state index >= 15 is 0 Å². The highest BCUT2D eigenvalue weighted by atomic mass is 32.1. The van der Waals surface area contributed by atoms with Crippen molar-refractivity contribution in [3.8, 4) is 0 Å². The van der Waals surface area contributed by atoms with E-state index < -0.39 is 6.10 Å². The quantitative estimate of drug-likeness (QED) is 0.736. The summed E-state index contributed by atoms with van der Waals surface area (Å²) in [5.74, 6) is -0.241. The first kappa shape index (κ1) is 13.3. The van der Waals surface area contributed by atoms with Crippen molar-refractivity contribution in [3.63, 3.8) is 0 Å². The molecule has 3 heteroatoms. The summed E-state index contributed by atoms with van der Waals surface area (Å²) in [6.45, 7) is 0. The summed E-state index contributed by atoms with van der Waals surface area (Å²) in [5, 5.41) is 15.9. The van der Waals surface area contributed by atoms with Gasteiger partial charge in [0.15, 0.2) is 0 Å². The number of aliphatic hydroxyl groups is 1. The first-order valence-corrected chi connectivity index (χ1v) is 7.56. The molecule has 0 aliphatic heterocycles. The van der Waals surface area contributed by atoms with Crippen LogP contribution in [0, 0.1) is 5.82 Å². The van der Waals surface area contributed by atoms with Gasteiger partial charge in [-0.1, -0.05) is 30.3 Å². The molecule has 3 aromatic rings. The van der Waals surface area contributed by atoms with Gasteiger partial charge in [-0.3, -0.25) is 0 Å². The zero-order chi connectivity index (χ0) is 13.9. The molecule has 1 unspecified atom stereocenters. The van der Waals surface area contributed by atoms with Gasteiger partial charge in [0.1, 0.15) is 5.82 Å². The van der Waals surface area contributed by atoms with Crippen LogP contribution in [0.3, 0.4) is 0 Å². The Morgan fingerprint density at radius 2 is 1.85 bits per heavy atom. The Bertz CT molecular complexity index is 706. The molecule has 1 atom stereocenters. The van der Waals surface area contributed by atoms with Gasteiger partial charge in [0.25, 0.3) is 0 Å². The van der Waals surface area contributed by atoms with Gasteiger partial charge in [0.05, 0.1) is 6.10 Å². The van der Waals surface area contributed by atoms with Crippen molar-refractivity contribution in [1.29, 1.82) is 0 Å². The minimum absolute atomic E-state index is 0.241. The summed E-state index contributed by atoms with van der Waals surface area (Å²) in [4.78, 5) is 0. The summed E-state index contributed by atoms with van der Waals surface area (Å²) >= 11 is 1.66. The van der Waals surface area contributed by atoms with Crippen molar-refractivity contribution < 1.29 is 9.50 Å². The first-order chi connectivity index (χ1) is 9.75. The topological polar surface area (TPSA) is 20.2 Å². The Morgan fingerprint density at radius 1 is 1.05 bits per heavy atom. The van der Waals surface area contributed by atoms with Gasteiger partial charge in [-0.05, 0) is 52.2 Å². The number of aryl methyl sites for hydroxylation is 1. The second-order valence-electron chi connectivity index (χ2n) is 4.87. The zero-order valence-corrected chi connectivity index (χ0v) is 11.7. The number of fused-ring (bicyclic) bond motifs is 1. The number of aliphatic hydroxyl groups excluding tert-OH is 1. The van der Waals surface area contributed by atoms with Crippen LogP contribution in [-0.2, 0) is 6.42 Å². The average Bonchev–Trinajstić information content (AvgIpc) is 2.99. The number of hydrogen-bond acceptors (Lipinski definition) is 2. The first-order valence-electron chi connectivity index (χ1n) is 6.62. The summed E-state index contributed by atoms with van der Waals surface area (Å²) < 4.78 is 13.8. The standard InChI is InChI=1S/C17H15FOS/c18-16-7-6-15(13-3-1-2-4-14(13)16)17(19)8-5-12-9-10-20-11-12/h1-4,6-7,9-11,17,19H,5,8H2. The third kappa shape index (κ3) is 2.60. The van der Waals surface area contributed by atoms with Crippen LogP contribution in [0.1, 0.15) is 23.7 Å². The highest BCUT2D eigenvalue weighted by Gasteiger charge is 2.13. The molecular formula is C17H15FOS. The van der Waals surface area contributed by atoms with E-state index in [0.717, 1.165) is 17.4 Å². The maximum absolute atomic E-state index is 13.8. The SMILES string of the molecule is OC(CCc1ccsc1)c1ccc(F)c2ccccc12. The van der Waals surface area contributed by atoms with Crippen LogP contribution >= 0.6 is 11.3 Å². The Balaban J connectivity index is 1.88. The highest BCUT2D eigenvalue weighted by Crippen LogP contribution is 2.29. The van der Waals surface area contributed by atoms with Gasteiger partial charge in [0.2, 0.25) is 0 Å². The number of rotatable bonds is 4. The van der Waals surface area contributed by atoms with E-state index in [2.05, 4.69) is 11.4 Å². The van der Waals surface area contributed by atoms with Crippen molar-refractivity contribution in [2.75, 3.05) is 0 Å². The normalized spacial score (nSPS) is 12.7. The molecule has 0 aliphatic carbocycles. The van der Waals surface area contributed by atoms with E-state index in [1.807, 2.05) is 23.6 Å². The van der Waals surface area contributed by atoms with E-state index in [1.54, 1.807) is 23.5 Å². The third-order valence-electron chi connectivity index (χ3n) is 3.55. The molecule has 0 amide bonds. The predicted octanol–water partition coefficient (Wildman–Crippen LogP) is 4.71. The fraction of sp³-hybridized carbons (Fsp3) is 0.176. The van der Waals surface area contributed by atoms with E-state index in [4.69, 9.17) is 0 Å². The maximum Gasteiger partial charge on any atom is 0.131 e. The molecule has 3 rings (SSSR count). The number of benzene rings is 2. The van der Waals surface area contributed by atoms with Gasteiger partial charge in [-0.15, -0.1) is 0 Å². The Morgan fingerprint density at radius 3 is 2.60 bits per heavy atom. The van der Waals surface area contributed by atoms with E-state index in [1.165, 1.54) is 11.6 Å². The lowest BCUT2D eigenvalue weighted by atomic mass is 9.96. The maximum atomic E-state index is 13.8. The largest absolute Gasteiger partial charge is 0.388 e. The smallest absolute Gasteiger partial charge is 0.131 e. The monoisotopic (exact) mass is 286 g/mol. The van der Waals surface area contributed by atoms with Crippen LogP contribution in [0.2, 0.25) is 0 Å². The highest BCUT2D eigenvalue weighted by molar-refractivity contribution is 7.07. The van der Waals surface area contributed by atoms with Crippen molar-refractivity contribution in [2.24, 2.45) is 0 Å². The van der Waals surface area contributed by atoms with Crippen LogP contribution in [0.15, 0.2) is 53.2 Å². The van der Waals surface area contributed by atoms with Crippen LogP contribution in [0.5, 0.6) is 0 Å². The molecule has 1 heterocycles. The minimum Gasteiger partial charge on any atom is -0.388 e. The van der Waals surface area contributed by atoms with Gasteiger partial charge >= 0.3 is 0 Å². The molecule has 1 aromatic heterocycles. The molecule has 2 aromatic carbocycles. The van der Waals surface area contributed by atoms with Crippen LogP contribution < -0.4 is 0 Å². The predicted molar refractivity (Wildman–Crippen MR) is 81.5 cm³/mol. The lowest BCUT2D eigenvalue weighted by molar-refractivity contribution is 0.169. The van der Waals surface area contributed by atoms with Crippen LogP contribution in [0.4, 0.5) is 4.39 Å². The van der Waals surface area contributed by atoms with Gasteiger partial charge in [-0.2, -0.15) is 11.3 Å². The summed E-state index contributed by atoms with van der Waals surface area (Å²) in [5.41, 5.74) is 2.04. The van der Waals surface area contributed by atoms with E-state index in [-0.39, 0.29) is 5.82 Å². The van der Waals surface area contributed by atoms with Crippen LogP contribution in [-0.4, -0.2) is 5.11 Å². The lowest BCUT2D eigenvalue weighted by Gasteiger charge is -2.14. The minimum atomic E-state index is -0.569. The number of hydrogen-bond donors (Lipinski definition) is 1. The number of halogens is 1. The summed E-state index contributed by atoms with van der Waals surface area (Å²) in [6, 6.07) is 12.5. The molecule has 1 nitrogen and oxygen atoms in total.